The Balaban J connectivity index is 1.81. The molecule has 3 N–H and O–H groups in total. The number of nitrogens with two attached hydrogens (primary N) is 1. The first-order valence-electron chi connectivity index (χ1n) is 9.55. The lowest BCUT2D eigenvalue weighted by Gasteiger charge is -2.24. The molecular formula is C22H17ClF3N3O2. The molecule has 1 unspecified atom stereocenters. The highest BCUT2D eigenvalue weighted by Gasteiger charge is 2.40. The van der Waals surface area contributed by atoms with E-state index in [0.29, 0.717) is 47.3 Å². The molecule has 4 rings (SSSR count). The number of H-pyrrole nitrogens is 1. The molecule has 5 nitrogen and oxygen atoms in total. The van der Waals surface area contributed by atoms with Crippen molar-refractivity contribution in [1.82, 2.24) is 10.2 Å². The monoisotopic (exact) mass is 447 g/mol. The number of hydrogen-bond acceptors (Lipinski definition) is 3. The first-order chi connectivity index (χ1) is 14.7. The van der Waals surface area contributed by atoms with Crippen LogP contribution in [0.25, 0.3) is 11.3 Å². The number of benzene rings is 2. The van der Waals surface area contributed by atoms with Crippen LogP contribution < -0.4 is 5.73 Å². The van der Waals surface area contributed by atoms with Crippen molar-refractivity contribution in [3.8, 4) is 11.3 Å². The van der Waals surface area contributed by atoms with Gasteiger partial charge in [0.05, 0.1) is 22.2 Å². The van der Waals surface area contributed by atoms with Gasteiger partial charge in [0, 0.05) is 27.9 Å². The molecule has 0 spiro atoms. The lowest BCUT2D eigenvalue weighted by Crippen LogP contribution is -2.22. The molecular weight excluding hydrogens is 431 g/mol. The Morgan fingerprint density at radius 3 is 2.48 bits per heavy atom. The summed E-state index contributed by atoms with van der Waals surface area (Å²) < 4.78 is 40.7. The molecule has 1 aromatic heterocycles. The summed E-state index contributed by atoms with van der Waals surface area (Å²) in [5.74, 6) is -2.09. The predicted molar refractivity (Wildman–Crippen MR) is 109 cm³/mol. The van der Waals surface area contributed by atoms with E-state index >= 15 is 0 Å². The number of Topliss-reactive ketones (excluding diaryl/α,β-unsaturated/α-hetero) is 1. The highest BCUT2D eigenvalue weighted by atomic mass is 35.5. The topological polar surface area (TPSA) is 88.8 Å². The Labute approximate surface area is 180 Å². The van der Waals surface area contributed by atoms with Gasteiger partial charge in [0.2, 0.25) is 5.91 Å². The Bertz CT molecular complexity index is 1170. The van der Waals surface area contributed by atoms with Crippen LogP contribution in [-0.2, 0) is 12.6 Å². The highest BCUT2D eigenvalue weighted by Crippen LogP contribution is 2.43. The molecule has 1 atom stereocenters. The molecule has 1 heterocycles. The molecule has 2 aromatic carbocycles. The Morgan fingerprint density at radius 2 is 1.84 bits per heavy atom. The van der Waals surface area contributed by atoms with Gasteiger partial charge in [-0.1, -0.05) is 29.8 Å². The fourth-order valence-electron chi connectivity index (χ4n) is 4.04. The number of aryl methyl sites for hydroxylation is 1. The van der Waals surface area contributed by atoms with Gasteiger partial charge in [-0.3, -0.25) is 14.7 Å². The molecule has 9 heteroatoms. The number of rotatable bonds is 4. The van der Waals surface area contributed by atoms with Gasteiger partial charge in [-0.2, -0.15) is 18.3 Å². The number of nitrogens with zero attached hydrogens (tertiary/aromatic N) is 1. The summed E-state index contributed by atoms with van der Waals surface area (Å²) in [5.41, 5.74) is 6.37. The highest BCUT2D eigenvalue weighted by molar-refractivity contribution is 6.34. The van der Waals surface area contributed by atoms with Crippen LogP contribution in [-0.4, -0.2) is 21.9 Å². The van der Waals surface area contributed by atoms with E-state index < -0.39 is 34.9 Å². The summed E-state index contributed by atoms with van der Waals surface area (Å²) in [4.78, 5) is 24.7. The predicted octanol–water partition coefficient (Wildman–Crippen LogP) is 5.15. The number of aromatic amines is 1. The lowest BCUT2D eigenvalue weighted by atomic mass is 9.79. The first-order valence-corrected chi connectivity index (χ1v) is 9.93. The molecule has 1 aliphatic rings. The minimum Gasteiger partial charge on any atom is -0.366 e. The van der Waals surface area contributed by atoms with Gasteiger partial charge in [-0.15, -0.1) is 0 Å². The fourth-order valence-corrected chi connectivity index (χ4v) is 4.31. The van der Waals surface area contributed by atoms with Gasteiger partial charge >= 0.3 is 6.18 Å². The van der Waals surface area contributed by atoms with E-state index in [4.69, 9.17) is 17.3 Å². The SMILES string of the molecule is NC(=O)c1ccc(-c2n[nH]c3c2C(C(=O)c2c(Cl)cccc2C(F)(F)F)CCC3)cc1. The molecule has 160 valence electrons. The number of alkyl halides is 3. The van der Waals surface area contributed by atoms with Crippen LogP contribution in [0.1, 0.15) is 56.3 Å². The molecule has 0 saturated heterocycles. The van der Waals surface area contributed by atoms with E-state index in [2.05, 4.69) is 10.2 Å². The van der Waals surface area contributed by atoms with Crippen LogP contribution >= 0.6 is 11.6 Å². The molecule has 0 bridgehead atoms. The van der Waals surface area contributed by atoms with Crippen molar-refractivity contribution < 1.29 is 22.8 Å². The van der Waals surface area contributed by atoms with Crippen LogP contribution in [0.4, 0.5) is 13.2 Å². The molecule has 1 amide bonds. The number of carbonyl (C=O) groups excluding carboxylic acids is 2. The minimum absolute atomic E-state index is 0.234. The number of halogens is 4. The van der Waals surface area contributed by atoms with E-state index in [9.17, 15) is 22.8 Å². The van der Waals surface area contributed by atoms with Crippen LogP contribution in [0.3, 0.4) is 0 Å². The normalized spacial score (nSPS) is 16.1. The standard InChI is InChI=1S/C22H17ClF3N3O2/c23-15-5-2-4-14(22(24,25)26)18(15)20(30)13-3-1-6-16-17(13)19(29-28-16)11-7-9-12(10-8-11)21(27)31/h2,4-5,7-10,13H,1,3,6H2,(H2,27,31)(H,28,29). The molecule has 0 aliphatic heterocycles. The lowest BCUT2D eigenvalue weighted by molar-refractivity contribution is -0.137. The van der Waals surface area contributed by atoms with Crippen molar-refractivity contribution >= 4 is 23.3 Å². The van der Waals surface area contributed by atoms with Gasteiger partial charge in [-0.05, 0) is 43.5 Å². The largest absolute Gasteiger partial charge is 0.417 e. The van der Waals surface area contributed by atoms with Gasteiger partial charge < -0.3 is 5.73 Å². The Morgan fingerprint density at radius 1 is 1.13 bits per heavy atom. The molecule has 0 fully saturated rings. The maximum atomic E-state index is 13.6. The van der Waals surface area contributed by atoms with Crippen molar-refractivity contribution in [2.45, 2.75) is 31.4 Å². The first kappa shape index (κ1) is 21.1. The second kappa shape index (κ2) is 7.85. The zero-order valence-electron chi connectivity index (χ0n) is 16.1. The third-order valence-corrected chi connectivity index (χ3v) is 5.79. The number of fused-ring (bicyclic) bond motifs is 1. The van der Waals surface area contributed by atoms with Gasteiger partial charge in [-0.25, -0.2) is 0 Å². The Hall–Kier alpha value is -3.13. The van der Waals surface area contributed by atoms with Crippen molar-refractivity contribution in [3.63, 3.8) is 0 Å². The summed E-state index contributed by atoms with van der Waals surface area (Å²) >= 11 is 6.07. The number of carbonyl (C=O) groups is 2. The minimum atomic E-state index is -4.71. The molecule has 0 radical (unpaired) electrons. The maximum Gasteiger partial charge on any atom is 0.417 e. The van der Waals surface area contributed by atoms with Crippen molar-refractivity contribution in [3.05, 3.63) is 75.4 Å². The van der Waals surface area contributed by atoms with E-state index in [1.54, 1.807) is 12.1 Å². The molecule has 0 saturated carbocycles. The molecule has 3 aromatic rings. The van der Waals surface area contributed by atoms with Crippen LogP contribution in [0.5, 0.6) is 0 Å². The zero-order chi connectivity index (χ0) is 22.3. The third-order valence-electron chi connectivity index (χ3n) is 5.48. The number of amides is 1. The maximum absolute atomic E-state index is 13.6. The summed E-state index contributed by atoms with van der Waals surface area (Å²) in [5, 5.41) is 6.99. The van der Waals surface area contributed by atoms with Crippen molar-refractivity contribution in [1.29, 1.82) is 0 Å². The van der Waals surface area contributed by atoms with Crippen LogP contribution in [0.15, 0.2) is 42.5 Å². The smallest absolute Gasteiger partial charge is 0.366 e. The average Bonchev–Trinajstić information content (AvgIpc) is 3.17. The third kappa shape index (κ3) is 3.83. The van der Waals surface area contributed by atoms with Gasteiger partial charge in [0.25, 0.3) is 0 Å². The number of nitrogens with one attached hydrogen (secondary N) is 1. The van der Waals surface area contributed by atoms with E-state index in [1.165, 1.54) is 24.3 Å². The van der Waals surface area contributed by atoms with Gasteiger partial charge in [0.1, 0.15) is 0 Å². The van der Waals surface area contributed by atoms with Crippen molar-refractivity contribution in [2.75, 3.05) is 0 Å². The number of primary amides is 1. The van der Waals surface area contributed by atoms with Crippen LogP contribution in [0.2, 0.25) is 5.02 Å². The second-order valence-electron chi connectivity index (χ2n) is 7.38. The van der Waals surface area contributed by atoms with E-state index in [1.807, 2.05) is 0 Å². The summed E-state index contributed by atoms with van der Waals surface area (Å²) in [6.07, 6.45) is -3.09. The fraction of sp³-hybridized carbons (Fsp3) is 0.227. The Kier molecular flexibility index (Phi) is 5.35. The second-order valence-corrected chi connectivity index (χ2v) is 7.78. The number of aromatic nitrogens is 2. The average molecular weight is 448 g/mol. The molecule has 1 aliphatic carbocycles. The summed E-state index contributed by atoms with van der Waals surface area (Å²) in [7, 11) is 0. The van der Waals surface area contributed by atoms with Gasteiger partial charge in [0.15, 0.2) is 5.78 Å². The van der Waals surface area contributed by atoms with E-state index in [-0.39, 0.29) is 5.02 Å². The molecule has 31 heavy (non-hydrogen) atoms. The summed E-state index contributed by atoms with van der Waals surface area (Å²) in [6, 6.07) is 9.68. The van der Waals surface area contributed by atoms with Crippen LogP contribution in [0, 0.1) is 0 Å². The summed E-state index contributed by atoms with van der Waals surface area (Å²) in [6.45, 7) is 0. The number of ketones is 1. The van der Waals surface area contributed by atoms with E-state index in [0.717, 1.165) is 6.07 Å². The van der Waals surface area contributed by atoms with Crippen molar-refractivity contribution in [2.24, 2.45) is 5.73 Å². The zero-order valence-corrected chi connectivity index (χ0v) is 16.8. The number of hydrogen-bond donors (Lipinski definition) is 2. The quantitative estimate of drug-likeness (QED) is 0.542.